The average molecular weight is 609 g/mol. The number of nitrogens with one attached hydrogen (secondary N) is 2. The van der Waals surface area contributed by atoms with Crippen LogP contribution in [0.2, 0.25) is 5.02 Å². The van der Waals surface area contributed by atoms with E-state index in [0.717, 1.165) is 10.9 Å². The van der Waals surface area contributed by atoms with Crippen molar-refractivity contribution < 1.29 is 17.6 Å². The molecule has 1 fully saturated rings. The standard InChI is InChI=1S/C27H17ClF4N10O/c28-11-2-4-18(41-9-19(38-40-41)27(30,31)32)15(6-11)16-8-20(43)42-22(13-7-14(13)26(42)34-16)25-35-21(23(29)36-25)10-1-3-12-17(5-10)37-39-24(12)33/h1-6,8-9,13-14,22H,7H2,(H,35,36)(H3,33,37,39). The smallest absolute Gasteiger partial charge is 0.382 e. The first-order valence-corrected chi connectivity index (χ1v) is 13.4. The Morgan fingerprint density at radius 1 is 1.09 bits per heavy atom. The van der Waals surface area contributed by atoms with Gasteiger partial charge in [-0.3, -0.25) is 14.5 Å². The van der Waals surface area contributed by atoms with Crippen molar-refractivity contribution in [2.75, 3.05) is 5.73 Å². The topological polar surface area (TPSA) is 149 Å². The normalized spacial score (nSPS) is 19.1. The molecule has 1 aliphatic carbocycles. The number of nitrogen functional groups attached to an aromatic ring is 1. The third-order valence-electron chi connectivity index (χ3n) is 7.92. The van der Waals surface area contributed by atoms with Crippen molar-refractivity contribution in [3.05, 3.63) is 87.3 Å². The van der Waals surface area contributed by atoms with Crippen molar-refractivity contribution >= 4 is 28.3 Å². The number of benzene rings is 2. The number of alkyl halides is 3. The molecule has 0 amide bonds. The Morgan fingerprint density at radius 3 is 2.72 bits per heavy atom. The summed E-state index contributed by atoms with van der Waals surface area (Å²) < 4.78 is 57.2. The Morgan fingerprint density at radius 2 is 1.93 bits per heavy atom. The van der Waals surface area contributed by atoms with Crippen LogP contribution >= 0.6 is 11.6 Å². The fraction of sp³-hybridized carbons (Fsp3) is 0.185. The van der Waals surface area contributed by atoms with Crippen LogP contribution < -0.4 is 11.3 Å². The van der Waals surface area contributed by atoms with Crippen LogP contribution in [0.5, 0.6) is 0 Å². The summed E-state index contributed by atoms with van der Waals surface area (Å²) in [4.78, 5) is 25.6. The second kappa shape index (κ2) is 8.73. The van der Waals surface area contributed by atoms with Gasteiger partial charge in [0.1, 0.15) is 17.3 Å². The molecule has 11 nitrogen and oxygen atoms in total. The molecule has 6 aromatic rings. The molecule has 43 heavy (non-hydrogen) atoms. The predicted octanol–water partition coefficient (Wildman–Crippen LogP) is 4.86. The quantitative estimate of drug-likeness (QED) is 0.242. The highest BCUT2D eigenvalue weighted by Gasteiger charge is 2.55. The monoisotopic (exact) mass is 608 g/mol. The number of halogens is 5. The maximum absolute atomic E-state index is 15.2. The van der Waals surface area contributed by atoms with E-state index in [9.17, 15) is 18.0 Å². The van der Waals surface area contributed by atoms with Crippen LogP contribution in [0.3, 0.4) is 0 Å². The summed E-state index contributed by atoms with van der Waals surface area (Å²) in [5.74, 6) is 0.322. The molecular weight excluding hydrogens is 592 g/mol. The number of imidazole rings is 1. The fourth-order valence-corrected chi connectivity index (χ4v) is 6.05. The second-order valence-corrected chi connectivity index (χ2v) is 11.0. The Kier molecular flexibility index (Phi) is 5.21. The van der Waals surface area contributed by atoms with Crippen molar-refractivity contribution in [1.29, 1.82) is 0 Å². The number of aromatic amines is 2. The number of aromatic nitrogens is 9. The Balaban J connectivity index is 1.19. The van der Waals surface area contributed by atoms with Gasteiger partial charge in [-0.1, -0.05) is 22.9 Å². The molecule has 3 atom stereocenters. The molecule has 216 valence electrons. The lowest BCUT2D eigenvalue weighted by Gasteiger charge is -2.17. The van der Waals surface area contributed by atoms with Crippen LogP contribution in [0.4, 0.5) is 23.4 Å². The third kappa shape index (κ3) is 3.95. The number of anilines is 1. The Labute approximate surface area is 242 Å². The summed E-state index contributed by atoms with van der Waals surface area (Å²) in [6, 6.07) is 10.3. The molecule has 2 aliphatic rings. The Bertz CT molecular complexity index is 2160. The van der Waals surface area contributed by atoms with E-state index < -0.39 is 29.4 Å². The van der Waals surface area contributed by atoms with Gasteiger partial charge < -0.3 is 10.7 Å². The highest BCUT2D eigenvalue weighted by atomic mass is 35.5. The summed E-state index contributed by atoms with van der Waals surface area (Å²) in [6.45, 7) is 0. The van der Waals surface area contributed by atoms with Crippen molar-refractivity contribution in [2.45, 2.75) is 24.6 Å². The molecule has 0 saturated heterocycles. The van der Waals surface area contributed by atoms with Gasteiger partial charge in [0.15, 0.2) is 11.5 Å². The minimum Gasteiger partial charge on any atom is -0.382 e. The van der Waals surface area contributed by atoms with Crippen molar-refractivity contribution in [2.24, 2.45) is 5.92 Å². The van der Waals surface area contributed by atoms with Gasteiger partial charge in [0.25, 0.3) is 5.56 Å². The first-order valence-electron chi connectivity index (χ1n) is 13.0. The van der Waals surface area contributed by atoms with Crippen LogP contribution in [0.15, 0.2) is 53.5 Å². The number of hydrogen-bond donors (Lipinski definition) is 3. The number of nitrogens with two attached hydrogens (primary N) is 1. The largest absolute Gasteiger partial charge is 0.436 e. The zero-order chi connectivity index (χ0) is 29.8. The van der Waals surface area contributed by atoms with E-state index in [1.54, 1.807) is 18.2 Å². The molecule has 4 N–H and O–H groups in total. The van der Waals surface area contributed by atoms with Gasteiger partial charge in [0.2, 0.25) is 5.95 Å². The molecule has 0 spiro atoms. The maximum atomic E-state index is 15.2. The fourth-order valence-electron chi connectivity index (χ4n) is 5.88. The summed E-state index contributed by atoms with van der Waals surface area (Å²) in [5.41, 5.74) is 6.17. The predicted molar refractivity (Wildman–Crippen MR) is 146 cm³/mol. The third-order valence-corrected chi connectivity index (χ3v) is 8.16. The summed E-state index contributed by atoms with van der Waals surface area (Å²) in [5, 5.41) is 14.6. The minimum absolute atomic E-state index is 0.0350. The van der Waals surface area contributed by atoms with Gasteiger partial charge >= 0.3 is 6.18 Å². The van der Waals surface area contributed by atoms with Crippen LogP contribution in [0.25, 0.3) is 39.1 Å². The summed E-state index contributed by atoms with van der Waals surface area (Å²) >= 11 is 6.23. The lowest BCUT2D eigenvalue weighted by molar-refractivity contribution is -0.141. The molecule has 4 aromatic heterocycles. The lowest BCUT2D eigenvalue weighted by atomic mass is 10.1. The van der Waals surface area contributed by atoms with Gasteiger partial charge in [-0.15, -0.1) is 5.10 Å². The highest BCUT2D eigenvalue weighted by Crippen LogP contribution is 2.60. The van der Waals surface area contributed by atoms with E-state index in [2.05, 4.69) is 30.5 Å². The first kappa shape index (κ1) is 25.6. The van der Waals surface area contributed by atoms with Crippen LogP contribution in [-0.2, 0) is 6.18 Å². The van der Waals surface area contributed by atoms with E-state index in [1.165, 1.54) is 28.8 Å². The molecule has 2 aromatic carbocycles. The molecule has 1 saturated carbocycles. The molecule has 16 heteroatoms. The van der Waals surface area contributed by atoms with Gasteiger partial charge in [-0.05, 0) is 42.7 Å². The van der Waals surface area contributed by atoms with Crippen molar-refractivity contribution in [3.8, 4) is 28.2 Å². The summed E-state index contributed by atoms with van der Waals surface area (Å²) in [6.07, 6.45) is -3.23. The van der Waals surface area contributed by atoms with E-state index in [0.29, 0.717) is 40.1 Å². The number of nitrogens with zero attached hydrogens (tertiary/aromatic N) is 7. The van der Waals surface area contributed by atoms with Gasteiger partial charge in [0, 0.05) is 33.5 Å². The molecular formula is C27H17ClF4N10O. The van der Waals surface area contributed by atoms with Crippen LogP contribution in [-0.4, -0.2) is 44.7 Å². The zero-order valence-corrected chi connectivity index (χ0v) is 22.3. The molecule has 5 heterocycles. The number of hydrogen-bond acceptors (Lipinski definition) is 7. The molecule has 3 unspecified atom stereocenters. The molecule has 0 bridgehead atoms. The highest BCUT2D eigenvalue weighted by molar-refractivity contribution is 6.31. The second-order valence-electron chi connectivity index (χ2n) is 10.5. The van der Waals surface area contributed by atoms with Crippen molar-refractivity contribution in [3.63, 3.8) is 0 Å². The van der Waals surface area contributed by atoms with E-state index in [-0.39, 0.29) is 39.8 Å². The molecule has 8 rings (SSSR count). The van der Waals surface area contributed by atoms with Crippen LogP contribution in [0, 0.1) is 11.9 Å². The summed E-state index contributed by atoms with van der Waals surface area (Å²) in [7, 11) is 0. The SMILES string of the molecule is Nc1n[nH]c2cc(-c3nc(C4C5CC5c5nc(-c6cc(Cl)ccc6-n6cc(C(F)(F)F)nn6)cc(=O)n54)[nH]c3F)ccc12. The van der Waals surface area contributed by atoms with E-state index in [4.69, 9.17) is 22.3 Å². The average Bonchev–Trinajstić information content (AvgIpc) is 3.31. The maximum Gasteiger partial charge on any atom is 0.436 e. The van der Waals surface area contributed by atoms with Gasteiger partial charge in [-0.2, -0.15) is 22.7 Å². The number of fused-ring (bicyclic) bond motifs is 4. The Hall–Kier alpha value is -5.05. The molecule has 0 radical (unpaired) electrons. The number of rotatable bonds is 4. The lowest BCUT2D eigenvalue weighted by Crippen LogP contribution is -2.27. The number of H-pyrrole nitrogens is 2. The van der Waals surface area contributed by atoms with Gasteiger partial charge in [-0.25, -0.2) is 14.6 Å². The minimum atomic E-state index is -4.68. The van der Waals surface area contributed by atoms with Crippen LogP contribution in [0.1, 0.15) is 35.7 Å². The van der Waals surface area contributed by atoms with E-state index >= 15 is 4.39 Å². The van der Waals surface area contributed by atoms with Gasteiger partial charge in [0.05, 0.1) is 29.1 Å². The zero-order valence-electron chi connectivity index (χ0n) is 21.6. The van der Waals surface area contributed by atoms with E-state index in [1.807, 2.05) is 0 Å². The first-order chi connectivity index (χ1) is 20.6. The van der Waals surface area contributed by atoms with Crippen molar-refractivity contribution in [1.82, 2.24) is 44.7 Å². The molecule has 1 aliphatic heterocycles.